The second kappa shape index (κ2) is 6.78. The molecule has 0 unspecified atom stereocenters. The second-order valence-corrected chi connectivity index (χ2v) is 11.1. The van der Waals surface area contributed by atoms with Gasteiger partial charge in [0.15, 0.2) is 0 Å². The fraction of sp³-hybridized carbons (Fsp3) is 0.278. The average molecular weight is 584 g/mol. The highest BCUT2D eigenvalue weighted by Crippen LogP contribution is 2.57. The normalized spacial score (nSPS) is 20.0. The third kappa shape index (κ3) is 2.89. The maximum atomic E-state index is 13.2. The number of benzene rings is 2. The largest absolute Gasteiger partial charge is 0.433 e. The van der Waals surface area contributed by atoms with Gasteiger partial charge >= 0.3 is 6.61 Å². The molecule has 2 aromatic carbocycles. The van der Waals surface area contributed by atoms with Crippen molar-refractivity contribution in [2.75, 3.05) is 10.6 Å². The van der Waals surface area contributed by atoms with Gasteiger partial charge in [-0.15, -0.1) is 0 Å². The van der Waals surface area contributed by atoms with Crippen molar-refractivity contribution in [3.63, 3.8) is 0 Å². The molecule has 2 bridgehead atoms. The van der Waals surface area contributed by atoms with Gasteiger partial charge in [-0.2, -0.15) is 8.78 Å². The minimum absolute atomic E-state index is 0.0856. The third-order valence-electron chi connectivity index (χ3n) is 5.36. The van der Waals surface area contributed by atoms with Crippen LogP contribution in [0.15, 0.2) is 33.2 Å². The van der Waals surface area contributed by atoms with E-state index in [0.29, 0.717) is 48.5 Å². The van der Waals surface area contributed by atoms with Gasteiger partial charge in [0.1, 0.15) is 17.6 Å². The van der Waals surface area contributed by atoms with E-state index in [1.54, 1.807) is 18.2 Å². The van der Waals surface area contributed by atoms with Crippen molar-refractivity contribution in [1.82, 2.24) is 9.55 Å². The van der Waals surface area contributed by atoms with Crippen molar-refractivity contribution >= 4 is 70.2 Å². The topological polar surface area (TPSA) is 64.4 Å². The number of sulfonamides is 1. The van der Waals surface area contributed by atoms with E-state index < -0.39 is 28.7 Å². The quantitative estimate of drug-likeness (QED) is 0.401. The Labute approximate surface area is 192 Å². The fourth-order valence-electron chi connectivity index (χ4n) is 4.40. The van der Waals surface area contributed by atoms with Gasteiger partial charge in [0.05, 0.1) is 38.5 Å². The Morgan fingerprint density at radius 2 is 1.97 bits per heavy atom. The number of aromatic nitrogens is 2. The summed E-state index contributed by atoms with van der Waals surface area (Å²) in [6.45, 7) is -3.07. The average Bonchev–Trinajstić information content (AvgIpc) is 3.13. The molecule has 0 saturated carbocycles. The van der Waals surface area contributed by atoms with Gasteiger partial charge in [-0.05, 0) is 56.1 Å². The fourth-order valence-corrected chi connectivity index (χ4v) is 6.49. The molecule has 3 aromatic rings. The molecule has 12 heteroatoms. The Morgan fingerprint density at radius 1 is 1.23 bits per heavy atom. The molecule has 0 radical (unpaired) electrons. The van der Waals surface area contributed by atoms with E-state index in [1.165, 1.54) is 10.4 Å². The van der Waals surface area contributed by atoms with Crippen molar-refractivity contribution in [3.05, 3.63) is 49.6 Å². The number of halogens is 5. The van der Waals surface area contributed by atoms with Crippen molar-refractivity contribution in [2.24, 2.45) is 0 Å². The number of imidazole rings is 1. The van der Waals surface area contributed by atoms with E-state index in [-0.39, 0.29) is 5.75 Å². The van der Waals surface area contributed by atoms with E-state index in [0.717, 1.165) is 6.26 Å². The molecule has 0 aliphatic carbocycles. The molecule has 2 aliphatic heterocycles. The number of nitrogens with zero attached hydrogens (tertiary/aromatic N) is 3. The molecule has 0 saturated heterocycles. The van der Waals surface area contributed by atoms with Crippen LogP contribution in [0, 0.1) is 0 Å². The molecule has 0 amide bonds. The van der Waals surface area contributed by atoms with Crippen molar-refractivity contribution in [1.29, 1.82) is 0 Å². The summed E-state index contributed by atoms with van der Waals surface area (Å²) in [6, 6.07) is 5.58. The van der Waals surface area contributed by atoms with E-state index >= 15 is 0 Å². The Balaban J connectivity index is 1.87. The molecule has 5 rings (SSSR count). The molecule has 158 valence electrons. The summed E-state index contributed by atoms with van der Waals surface area (Å²) in [7, 11) is -3.74. The zero-order chi connectivity index (χ0) is 21.5. The number of alkyl halides is 2. The lowest BCUT2D eigenvalue weighted by atomic mass is 9.95. The highest BCUT2D eigenvalue weighted by Gasteiger charge is 2.49. The van der Waals surface area contributed by atoms with E-state index in [1.807, 2.05) is 4.57 Å². The smallest absolute Gasteiger partial charge is 0.387 e. The van der Waals surface area contributed by atoms with Crippen LogP contribution in [-0.4, -0.2) is 30.8 Å². The van der Waals surface area contributed by atoms with Gasteiger partial charge in [-0.25, -0.2) is 13.4 Å². The molecular formula is C18H12Br2ClF2N3O3S. The van der Waals surface area contributed by atoms with Crippen molar-refractivity contribution in [2.45, 2.75) is 25.1 Å². The lowest BCUT2D eigenvalue weighted by molar-refractivity contribution is -0.0512. The van der Waals surface area contributed by atoms with Crippen molar-refractivity contribution < 1.29 is 21.9 Å². The Hall–Kier alpha value is -1.43. The maximum Gasteiger partial charge on any atom is 0.387 e. The van der Waals surface area contributed by atoms with Crippen LogP contribution in [0.1, 0.15) is 29.9 Å². The number of hydrogen-bond donors (Lipinski definition) is 0. The monoisotopic (exact) mass is 581 g/mol. The molecule has 0 N–H and O–H groups in total. The molecule has 1 aromatic heterocycles. The van der Waals surface area contributed by atoms with Crippen LogP contribution >= 0.6 is 43.5 Å². The Morgan fingerprint density at radius 3 is 2.63 bits per heavy atom. The molecule has 0 fully saturated rings. The van der Waals surface area contributed by atoms with Gasteiger partial charge in [-0.1, -0.05) is 11.6 Å². The van der Waals surface area contributed by atoms with Gasteiger partial charge in [0, 0.05) is 16.5 Å². The molecule has 2 aliphatic rings. The molecule has 0 spiro atoms. The predicted molar refractivity (Wildman–Crippen MR) is 116 cm³/mol. The Kier molecular flexibility index (Phi) is 4.63. The molecular weight excluding hydrogens is 572 g/mol. The summed E-state index contributed by atoms with van der Waals surface area (Å²) in [6.07, 6.45) is 1.44. The summed E-state index contributed by atoms with van der Waals surface area (Å²) >= 11 is 12.9. The number of hydrogen-bond acceptors (Lipinski definition) is 4. The Bertz CT molecular complexity index is 1330. The van der Waals surface area contributed by atoms with Crippen LogP contribution in [0.2, 0.25) is 5.02 Å². The van der Waals surface area contributed by atoms with Gasteiger partial charge in [0.2, 0.25) is 10.0 Å². The summed E-state index contributed by atoms with van der Waals surface area (Å²) in [5.41, 5.74) is 1.98. The lowest BCUT2D eigenvalue weighted by Crippen LogP contribution is -2.36. The van der Waals surface area contributed by atoms with E-state index in [4.69, 9.17) is 16.3 Å². The predicted octanol–water partition coefficient (Wildman–Crippen LogP) is 5.63. The first-order chi connectivity index (χ1) is 14.1. The first-order valence-electron chi connectivity index (χ1n) is 8.71. The molecule has 2 atom stereocenters. The standard InChI is InChI=1S/C18H12Br2ClF2N3O3S/c1-30(27,28)26-11-3-2-7(19)16(29-18(22)23)15(11)13-6-14(26)17-24-10-4-8(20)9(21)5-12(10)25(13)17/h2-5,13-14,18H,6H2,1H3/t13-,14-/m1/s1. The van der Waals surface area contributed by atoms with Gasteiger partial charge in [-0.3, -0.25) is 4.31 Å². The molecule has 30 heavy (non-hydrogen) atoms. The van der Waals surface area contributed by atoms with E-state index in [9.17, 15) is 17.2 Å². The number of anilines is 1. The van der Waals surface area contributed by atoms with Crippen LogP contribution in [-0.2, 0) is 10.0 Å². The minimum Gasteiger partial charge on any atom is -0.433 e. The molecule has 6 nitrogen and oxygen atoms in total. The van der Waals surface area contributed by atoms with Gasteiger partial charge in [0.25, 0.3) is 0 Å². The zero-order valence-corrected chi connectivity index (χ0v) is 19.9. The van der Waals surface area contributed by atoms with Crippen LogP contribution in [0.4, 0.5) is 14.5 Å². The van der Waals surface area contributed by atoms with Crippen LogP contribution < -0.4 is 9.04 Å². The molecule has 3 heterocycles. The van der Waals surface area contributed by atoms with E-state index in [2.05, 4.69) is 36.8 Å². The summed E-state index contributed by atoms with van der Waals surface area (Å²) in [4.78, 5) is 4.67. The first kappa shape index (κ1) is 20.5. The van der Waals surface area contributed by atoms with Crippen LogP contribution in [0.5, 0.6) is 5.75 Å². The number of ether oxygens (including phenoxy) is 1. The summed E-state index contributed by atoms with van der Waals surface area (Å²) in [5, 5.41) is 0.463. The SMILES string of the molecule is CS(=O)(=O)N1c2ccc(Br)c(OC(F)F)c2[C@H]2C[C@@H]1c1nc3cc(Br)c(Cl)cc3n12. The second-order valence-electron chi connectivity index (χ2n) is 7.11. The number of rotatable bonds is 3. The highest BCUT2D eigenvalue weighted by molar-refractivity contribution is 9.10. The maximum absolute atomic E-state index is 13.2. The van der Waals surface area contributed by atoms with Gasteiger partial charge < -0.3 is 9.30 Å². The summed E-state index contributed by atoms with van der Waals surface area (Å²) < 4.78 is 60.8. The third-order valence-corrected chi connectivity index (χ3v) is 8.35. The lowest BCUT2D eigenvalue weighted by Gasteiger charge is -2.35. The van der Waals surface area contributed by atoms with Crippen molar-refractivity contribution in [3.8, 4) is 5.75 Å². The summed E-state index contributed by atoms with van der Waals surface area (Å²) in [5.74, 6) is 0.447. The minimum atomic E-state index is -3.74. The number of fused-ring (bicyclic) bond motifs is 9. The zero-order valence-electron chi connectivity index (χ0n) is 15.1. The van der Waals surface area contributed by atoms with Crippen LogP contribution in [0.25, 0.3) is 11.0 Å². The first-order valence-corrected chi connectivity index (χ1v) is 12.5. The highest BCUT2D eigenvalue weighted by atomic mass is 79.9. The van der Waals surface area contributed by atoms with Crippen LogP contribution in [0.3, 0.4) is 0 Å².